The Morgan fingerprint density at radius 1 is 1.04 bits per heavy atom. The van der Waals surface area contributed by atoms with Gasteiger partial charge in [-0.1, -0.05) is 0 Å². The molecule has 1 N–H and O–H groups in total. The van der Waals surface area contributed by atoms with Crippen molar-refractivity contribution >= 4 is 28.4 Å². The van der Waals surface area contributed by atoms with Crippen LogP contribution in [0.4, 0.5) is 28.4 Å². The molecule has 1 heterocycles. The number of fused-ring (bicyclic) bond motifs is 1. The van der Waals surface area contributed by atoms with Crippen molar-refractivity contribution in [3.63, 3.8) is 0 Å². The van der Waals surface area contributed by atoms with E-state index in [-0.39, 0.29) is 17.1 Å². The Kier molecular flexibility index (Phi) is 5.08. The highest BCUT2D eigenvalue weighted by atomic mass is 16.6. The summed E-state index contributed by atoms with van der Waals surface area (Å²) >= 11 is 0. The lowest BCUT2D eigenvalue weighted by molar-refractivity contribution is -0.388. The quantitative estimate of drug-likeness (QED) is 0.419. The zero-order valence-corrected chi connectivity index (χ0v) is 16.1. The first-order valence-electron chi connectivity index (χ1n) is 8.94. The smallest absolute Gasteiger partial charge is 0.297 e. The van der Waals surface area contributed by atoms with Gasteiger partial charge in [0.05, 0.1) is 21.6 Å². The second-order valence-corrected chi connectivity index (χ2v) is 7.05. The van der Waals surface area contributed by atoms with Crippen LogP contribution < -0.4 is 5.32 Å². The van der Waals surface area contributed by atoms with E-state index in [4.69, 9.17) is 0 Å². The van der Waals surface area contributed by atoms with Crippen LogP contribution in [-0.4, -0.2) is 15.9 Å². The van der Waals surface area contributed by atoms with E-state index in [2.05, 4.69) is 22.5 Å². The number of non-ortho nitro benzene ring substituents is 1. The lowest BCUT2D eigenvalue weighted by Crippen LogP contribution is -2.23. The number of nitrogens with zero attached hydrogens (tertiary/aromatic N) is 4. The molecule has 0 saturated carbocycles. The molecule has 0 amide bonds. The summed E-state index contributed by atoms with van der Waals surface area (Å²) in [5.41, 5.74) is 5.16. The van der Waals surface area contributed by atoms with Crippen molar-refractivity contribution in [2.45, 2.75) is 46.6 Å². The SMILES string of the molecule is Cc1c(C)c2c(c(C)c1N=Nc1cc([N+](=O)[O-])ccc1[N+](=O)[O-])CCC(C)N2. The highest BCUT2D eigenvalue weighted by Gasteiger charge is 2.23. The average Bonchev–Trinajstić information content (AvgIpc) is 2.65. The topological polar surface area (TPSA) is 123 Å². The molecule has 1 aliphatic heterocycles. The number of hydrogen-bond acceptors (Lipinski definition) is 7. The van der Waals surface area contributed by atoms with Gasteiger partial charge in [0, 0.05) is 23.9 Å². The predicted octanol–water partition coefficient (Wildman–Crippen LogP) is 5.59. The molecule has 1 aliphatic rings. The molecule has 0 aliphatic carbocycles. The highest BCUT2D eigenvalue weighted by Crippen LogP contribution is 2.41. The van der Waals surface area contributed by atoms with Gasteiger partial charge in [0.25, 0.3) is 11.4 Å². The fourth-order valence-corrected chi connectivity index (χ4v) is 3.50. The summed E-state index contributed by atoms with van der Waals surface area (Å²) in [5.74, 6) is 0. The van der Waals surface area contributed by atoms with Crippen molar-refractivity contribution < 1.29 is 9.85 Å². The number of azo groups is 1. The summed E-state index contributed by atoms with van der Waals surface area (Å²) in [6.45, 7) is 8.04. The molecule has 0 aromatic heterocycles. The minimum Gasteiger partial charge on any atom is -0.382 e. The standard InChI is InChI=1S/C19H21N5O4/c1-10-5-7-15-13(4)18(11(2)12(3)19(15)20-10)22-21-16-9-14(23(25)26)6-8-17(16)24(27)28/h6,8-10,20H,5,7H2,1-4H3. The molecule has 28 heavy (non-hydrogen) atoms. The van der Waals surface area contributed by atoms with Gasteiger partial charge in [0.2, 0.25) is 0 Å². The minimum absolute atomic E-state index is 0.139. The first-order valence-corrected chi connectivity index (χ1v) is 8.94. The van der Waals surface area contributed by atoms with Gasteiger partial charge in [-0.2, -0.15) is 0 Å². The second-order valence-electron chi connectivity index (χ2n) is 7.05. The number of nitro groups is 2. The number of hydrogen-bond donors (Lipinski definition) is 1. The van der Waals surface area contributed by atoms with Gasteiger partial charge in [-0.25, -0.2) is 0 Å². The van der Waals surface area contributed by atoms with E-state index in [1.165, 1.54) is 5.56 Å². The van der Waals surface area contributed by atoms with Crippen molar-refractivity contribution in [2.75, 3.05) is 5.32 Å². The molecule has 3 rings (SSSR count). The largest absolute Gasteiger partial charge is 0.382 e. The fraction of sp³-hybridized carbons (Fsp3) is 0.368. The van der Waals surface area contributed by atoms with E-state index < -0.39 is 9.85 Å². The first-order chi connectivity index (χ1) is 13.2. The molecule has 2 aromatic carbocycles. The molecule has 1 unspecified atom stereocenters. The molecule has 0 radical (unpaired) electrons. The third-order valence-corrected chi connectivity index (χ3v) is 5.24. The van der Waals surface area contributed by atoms with Crippen LogP contribution in [0.1, 0.15) is 35.6 Å². The molecule has 9 nitrogen and oxygen atoms in total. The number of nitrogens with one attached hydrogen (secondary N) is 1. The van der Waals surface area contributed by atoms with E-state index >= 15 is 0 Å². The van der Waals surface area contributed by atoms with Gasteiger partial charge < -0.3 is 5.32 Å². The zero-order chi connectivity index (χ0) is 20.6. The molecule has 2 aromatic rings. The summed E-state index contributed by atoms with van der Waals surface area (Å²) in [5, 5.41) is 34.1. The Bertz CT molecular complexity index is 1020. The number of anilines is 1. The molecule has 0 saturated heterocycles. The first kappa shape index (κ1) is 19.4. The Morgan fingerprint density at radius 3 is 2.39 bits per heavy atom. The lowest BCUT2D eigenvalue weighted by atomic mass is 9.89. The summed E-state index contributed by atoms with van der Waals surface area (Å²) in [6.07, 6.45) is 1.92. The van der Waals surface area contributed by atoms with Crippen LogP contribution >= 0.6 is 0 Å². The van der Waals surface area contributed by atoms with Crippen LogP contribution in [0.15, 0.2) is 28.4 Å². The van der Waals surface area contributed by atoms with Crippen LogP contribution in [0.25, 0.3) is 0 Å². The Balaban J connectivity index is 2.11. The number of rotatable bonds is 4. The van der Waals surface area contributed by atoms with Gasteiger partial charge in [0.1, 0.15) is 0 Å². The van der Waals surface area contributed by atoms with E-state index in [9.17, 15) is 20.2 Å². The van der Waals surface area contributed by atoms with Crippen LogP contribution in [0.5, 0.6) is 0 Å². The zero-order valence-electron chi connectivity index (χ0n) is 16.1. The Morgan fingerprint density at radius 2 is 1.75 bits per heavy atom. The van der Waals surface area contributed by atoms with E-state index in [0.29, 0.717) is 11.7 Å². The summed E-state index contributed by atoms with van der Waals surface area (Å²) in [6, 6.07) is 3.63. The third kappa shape index (κ3) is 3.42. The summed E-state index contributed by atoms with van der Waals surface area (Å²) in [7, 11) is 0. The maximum atomic E-state index is 11.3. The molecule has 146 valence electrons. The van der Waals surface area contributed by atoms with E-state index in [0.717, 1.165) is 53.4 Å². The number of nitro benzene ring substituents is 2. The molecular weight excluding hydrogens is 362 g/mol. The van der Waals surface area contributed by atoms with Crippen LogP contribution in [-0.2, 0) is 6.42 Å². The predicted molar refractivity (Wildman–Crippen MR) is 106 cm³/mol. The van der Waals surface area contributed by atoms with Gasteiger partial charge >= 0.3 is 0 Å². The molecule has 0 spiro atoms. The maximum Gasteiger partial charge on any atom is 0.297 e. The van der Waals surface area contributed by atoms with Gasteiger partial charge in [0.15, 0.2) is 5.69 Å². The average molecular weight is 383 g/mol. The summed E-state index contributed by atoms with van der Waals surface area (Å²) in [4.78, 5) is 21.0. The Labute approximate surface area is 161 Å². The molecule has 0 fully saturated rings. The van der Waals surface area contributed by atoms with Crippen molar-refractivity contribution in [3.05, 3.63) is 60.7 Å². The van der Waals surface area contributed by atoms with Crippen LogP contribution in [0.3, 0.4) is 0 Å². The van der Waals surface area contributed by atoms with Gasteiger partial charge in [-0.15, -0.1) is 10.2 Å². The van der Waals surface area contributed by atoms with E-state index in [1.807, 2.05) is 20.8 Å². The fourth-order valence-electron chi connectivity index (χ4n) is 3.50. The third-order valence-electron chi connectivity index (χ3n) is 5.24. The monoisotopic (exact) mass is 383 g/mol. The summed E-state index contributed by atoms with van der Waals surface area (Å²) < 4.78 is 0. The Hall–Kier alpha value is -3.36. The number of benzene rings is 2. The van der Waals surface area contributed by atoms with Gasteiger partial charge in [-0.3, -0.25) is 20.2 Å². The highest BCUT2D eigenvalue weighted by molar-refractivity contribution is 5.73. The van der Waals surface area contributed by atoms with Crippen molar-refractivity contribution in [2.24, 2.45) is 10.2 Å². The maximum absolute atomic E-state index is 11.3. The van der Waals surface area contributed by atoms with Gasteiger partial charge in [-0.05, 0) is 62.8 Å². The second kappa shape index (κ2) is 7.34. The van der Waals surface area contributed by atoms with E-state index in [1.54, 1.807) is 0 Å². The molecule has 1 atom stereocenters. The normalized spacial score (nSPS) is 15.9. The molecule has 0 bridgehead atoms. The van der Waals surface area contributed by atoms with Crippen molar-refractivity contribution in [3.8, 4) is 0 Å². The minimum atomic E-state index is -0.624. The van der Waals surface area contributed by atoms with Crippen molar-refractivity contribution in [1.29, 1.82) is 0 Å². The van der Waals surface area contributed by atoms with Crippen LogP contribution in [0, 0.1) is 41.0 Å². The lowest BCUT2D eigenvalue weighted by Gasteiger charge is -2.29. The van der Waals surface area contributed by atoms with Crippen LogP contribution in [0.2, 0.25) is 0 Å². The molecular formula is C19H21N5O4. The molecule has 9 heteroatoms. The van der Waals surface area contributed by atoms with Crippen molar-refractivity contribution in [1.82, 2.24) is 0 Å².